The van der Waals surface area contributed by atoms with Crippen LogP contribution in [0.25, 0.3) is 0 Å². The summed E-state index contributed by atoms with van der Waals surface area (Å²) in [4.78, 5) is 23.7. The van der Waals surface area contributed by atoms with Gasteiger partial charge in [0.1, 0.15) is 5.75 Å². The highest BCUT2D eigenvalue weighted by Crippen LogP contribution is 2.25. The van der Waals surface area contributed by atoms with Gasteiger partial charge in [0.25, 0.3) is 11.8 Å². The van der Waals surface area contributed by atoms with Crippen molar-refractivity contribution < 1.29 is 14.3 Å². The molecule has 2 amide bonds. The molecule has 1 aliphatic rings. The molecule has 2 aromatic rings. The van der Waals surface area contributed by atoms with Crippen molar-refractivity contribution in [2.75, 3.05) is 6.61 Å². The highest BCUT2D eigenvalue weighted by Gasteiger charge is 2.16. The lowest BCUT2D eigenvalue weighted by molar-refractivity contribution is -0.123. The summed E-state index contributed by atoms with van der Waals surface area (Å²) in [6, 6.07) is 10.8. The Bertz CT molecular complexity index is 867. The summed E-state index contributed by atoms with van der Waals surface area (Å²) >= 11 is 5.87. The van der Waals surface area contributed by atoms with Crippen LogP contribution in [0.3, 0.4) is 0 Å². The number of hydrogen-bond donors (Lipinski definition) is 2. The zero-order chi connectivity index (χ0) is 19.4. The molecule has 142 valence electrons. The van der Waals surface area contributed by atoms with Gasteiger partial charge in [0.2, 0.25) is 0 Å². The Labute approximate surface area is 163 Å². The second-order valence-corrected chi connectivity index (χ2v) is 7.25. The van der Waals surface area contributed by atoms with Gasteiger partial charge in [-0.3, -0.25) is 9.59 Å². The molecule has 0 fully saturated rings. The number of fused-ring (bicyclic) bond motifs is 1. The van der Waals surface area contributed by atoms with E-state index in [1.807, 2.05) is 6.92 Å². The van der Waals surface area contributed by atoms with Crippen LogP contribution in [0, 0.1) is 0 Å². The molecule has 0 aliphatic heterocycles. The molecule has 0 bridgehead atoms. The van der Waals surface area contributed by atoms with Crippen molar-refractivity contribution in [3.8, 4) is 5.75 Å². The number of aryl methyl sites for hydroxylation is 2. The number of hydrogen-bond acceptors (Lipinski definition) is 3. The maximum absolute atomic E-state index is 12.3. The highest BCUT2D eigenvalue weighted by atomic mass is 35.5. The van der Waals surface area contributed by atoms with E-state index < -0.39 is 5.91 Å². The average molecular weight is 387 g/mol. The first-order valence-electron chi connectivity index (χ1n) is 9.07. The first-order valence-corrected chi connectivity index (χ1v) is 9.45. The van der Waals surface area contributed by atoms with Crippen molar-refractivity contribution in [1.29, 1.82) is 0 Å². The lowest BCUT2D eigenvalue weighted by Gasteiger charge is -2.20. The molecule has 2 aromatic carbocycles. The summed E-state index contributed by atoms with van der Waals surface area (Å²) in [7, 11) is 0. The first-order chi connectivity index (χ1) is 12.9. The number of carbonyl (C=O) groups excluding carboxylic acids is 2. The van der Waals surface area contributed by atoms with Crippen LogP contribution in [0.4, 0.5) is 0 Å². The third kappa shape index (κ3) is 4.80. The SMILES string of the molecule is C[C@H](NC(=O)COc1ccc(Cl)cc1C(N)=O)c1ccc2c(c1)CCCC2. The van der Waals surface area contributed by atoms with Gasteiger partial charge in [-0.2, -0.15) is 0 Å². The third-order valence-corrected chi connectivity index (χ3v) is 5.05. The Morgan fingerprint density at radius 2 is 1.89 bits per heavy atom. The van der Waals surface area contributed by atoms with E-state index in [2.05, 4.69) is 23.5 Å². The number of nitrogens with one attached hydrogen (secondary N) is 1. The number of amides is 2. The third-order valence-electron chi connectivity index (χ3n) is 4.82. The molecule has 0 saturated carbocycles. The molecule has 0 radical (unpaired) electrons. The number of primary amides is 1. The molecular weight excluding hydrogens is 364 g/mol. The van der Waals surface area contributed by atoms with Gasteiger partial charge in [-0.1, -0.05) is 29.8 Å². The summed E-state index contributed by atoms with van der Waals surface area (Å²) in [6.07, 6.45) is 4.69. The quantitative estimate of drug-likeness (QED) is 0.796. The predicted molar refractivity (Wildman–Crippen MR) is 105 cm³/mol. The molecule has 5 nitrogen and oxygen atoms in total. The fourth-order valence-electron chi connectivity index (χ4n) is 3.35. The largest absolute Gasteiger partial charge is 0.483 e. The Morgan fingerprint density at radius 3 is 2.63 bits per heavy atom. The molecule has 27 heavy (non-hydrogen) atoms. The van der Waals surface area contributed by atoms with Crippen LogP contribution in [-0.2, 0) is 17.6 Å². The fraction of sp³-hybridized carbons (Fsp3) is 0.333. The summed E-state index contributed by atoms with van der Waals surface area (Å²) in [6.45, 7) is 1.73. The van der Waals surface area contributed by atoms with Gasteiger partial charge in [-0.15, -0.1) is 0 Å². The standard InChI is InChI=1S/C21H23ClN2O3/c1-13(15-7-6-14-4-2-3-5-16(14)10-15)24-20(25)12-27-19-9-8-17(22)11-18(19)21(23)26/h6-11,13H,2-5,12H2,1H3,(H2,23,26)(H,24,25)/t13-/m0/s1. The fourth-order valence-corrected chi connectivity index (χ4v) is 3.53. The number of rotatable bonds is 6. The van der Waals surface area contributed by atoms with Gasteiger partial charge >= 0.3 is 0 Å². The lowest BCUT2D eigenvalue weighted by atomic mass is 9.89. The Hall–Kier alpha value is -2.53. The van der Waals surface area contributed by atoms with E-state index >= 15 is 0 Å². The van der Waals surface area contributed by atoms with Gasteiger partial charge in [0.05, 0.1) is 11.6 Å². The van der Waals surface area contributed by atoms with E-state index in [4.69, 9.17) is 22.1 Å². The Kier molecular flexibility index (Phi) is 6.01. The highest BCUT2D eigenvalue weighted by molar-refractivity contribution is 6.31. The van der Waals surface area contributed by atoms with Crippen LogP contribution in [-0.4, -0.2) is 18.4 Å². The zero-order valence-electron chi connectivity index (χ0n) is 15.3. The van der Waals surface area contributed by atoms with Crippen molar-refractivity contribution in [2.45, 2.75) is 38.6 Å². The smallest absolute Gasteiger partial charge is 0.258 e. The first kappa shape index (κ1) is 19.2. The minimum absolute atomic E-state index is 0.130. The summed E-state index contributed by atoms with van der Waals surface area (Å²) < 4.78 is 5.47. The normalized spacial score (nSPS) is 14.1. The summed E-state index contributed by atoms with van der Waals surface area (Å²) in [5.74, 6) is -0.690. The number of carbonyl (C=O) groups is 2. The number of benzene rings is 2. The van der Waals surface area contributed by atoms with Crippen molar-refractivity contribution in [1.82, 2.24) is 5.32 Å². The van der Waals surface area contributed by atoms with Crippen LogP contribution in [0.5, 0.6) is 5.75 Å². The average Bonchev–Trinajstić information content (AvgIpc) is 2.66. The van der Waals surface area contributed by atoms with E-state index in [0.717, 1.165) is 18.4 Å². The Morgan fingerprint density at radius 1 is 1.15 bits per heavy atom. The molecule has 1 aliphatic carbocycles. The van der Waals surface area contributed by atoms with Gasteiger partial charge in [0, 0.05) is 5.02 Å². The van der Waals surface area contributed by atoms with Crippen LogP contribution in [0.15, 0.2) is 36.4 Å². The maximum Gasteiger partial charge on any atom is 0.258 e. The Balaban J connectivity index is 1.60. The van der Waals surface area contributed by atoms with Crippen molar-refractivity contribution in [3.63, 3.8) is 0 Å². The van der Waals surface area contributed by atoms with Gasteiger partial charge in [0.15, 0.2) is 6.61 Å². The van der Waals surface area contributed by atoms with E-state index in [0.29, 0.717) is 5.02 Å². The predicted octanol–water partition coefficient (Wildman–Crippen LogP) is 3.57. The van der Waals surface area contributed by atoms with Crippen molar-refractivity contribution in [3.05, 3.63) is 63.7 Å². The maximum atomic E-state index is 12.3. The number of halogens is 1. The topological polar surface area (TPSA) is 81.4 Å². The van der Waals surface area contributed by atoms with Crippen molar-refractivity contribution >= 4 is 23.4 Å². The number of nitrogens with two attached hydrogens (primary N) is 1. The molecule has 0 saturated heterocycles. The van der Waals surface area contributed by atoms with E-state index in [9.17, 15) is 9.59 Å². The van der Waals surface area contributed by atoms with Gasteiger partial charge in [-0.05, 0) is 67.5 Å². The number of ether oxygens (including phenoxy) is 1. The molecular formula is C21H23ClN2O3. The van der Waals surface area contributed by atoms with Gasteiger partial charge < -0.3 is 15.8 Å². The molecule has 1 atom stereocenters. The monoisotopic (exact) mass is 386 g/mol. The molecule has 0 spiro atoms. The van der Waals surface area contributed by atoms with E-state index in [-0.39, 0.29) is 29.9 Å². The molecule has 3 rings (SSSR count). The van der Waals surface area contributed by atoms with Crippen LogP contribution in [0.1, 0.15) is 52.9 Å². The van der Waals surface area contributed by atoms with Crippen LogP contribution < -0.4 is 15.8 Å². The lowest BCUT2D eigenvalue weighted by Crippen LogP contribution is -2.31. The van der Waals surface area contributed by atoms with E-state index in [1.54, 1.807) is 6.07 Å². The molecule has 0 aromatic heterocycles. The minimum atomic E-state index is -0.657. The summed E-state index contributed by atoms with van der Waals surface area (Å²) in [5, 5.41) is 3.30. The van der Waals surface area contributed by atoms with E-state index in [1.165, 1.54) is 36.1 Å². The van der Waals surface area contributed by atoms with Crippen molar-refractivity contribution in [2.24, 2.45) is 5.73 Å². The van der Waals surface area contributed by atoms with Crippen LogP contribution >= 0.6 is 11.6 Å². The summed E-state index contributed by atoms with van der Waals surface area (Å²) in [5.41, 5.74) is 9.34. The minimum Gasteiger partial charge on any atom is -0.483 e. The molecule has 6 heteroatoms. The van der Waals surface area contributed by atoms with Crippen LogP contribution in [0.2, 0.25) is 5.02 Å². The second-order valence-electron chi connectivity index (χ2n) is 6.82. The molecule has 3 N–H and O–H groups in total. The molecule has 0 heterocycles. The zero-order valence-corrected chi connectivity index (χ0v) is 16.0. The second kappa shape index (κ2) is 8.44. The molecule has 0 unspecified atom stereocenters. The van der Waals surface area contributed by atoms with Gasteiger partial charge in [-0.25, -0.2) is 0 Å².